The Labute approximate surface area is 148 Å². The molecule has 21 heavy (non-hydrogen) atoms. The average molecular weight is 361 g/mol. The Hall–Kier alpha value is 0.254. The second kappa shape index (κ2) is 13.9. The molecule has 0 aliphatic heterocycles. The first kappa shape index (κ1) is 21.3. The predicted octanol–water partition coefficient (Wildman–Crippen LogP) is 7.11. The molecule has 0 saturated carbocycles. The number of rotatable bonds is 4. The van der Waals surface area contributed by atoms with Gasteiger partial charge >= 0.3 is 35.6 Å². The maximum atomic E-state index is 4.89. The summed E-state index contributed by atoms with van der Waals surface area (Å²) < 4.78 is 0. The number of allylic oxidation sites excluding steroid dienone is 8. The van der Waals surface area contributed by atoms with Gasteiger partial charge in [-0.05, 0) is 0 Å². The first-order valence-electron chi connectivity index (χ1n) is 7.72. The van der Waals surface area contributed by atoms with Gasteiger partial charge in [-0.15, -0.1) is 12.8 Å². The first-order valence-corrected chi connectivity index (χ1v) is 12.0. The van der Waals surface area contributed by atoms with E-state index in [0.717, 1.165) is 25.7 Å². The number of halogens is 2. The van der Waals surface area contributed by atoms with Gasteiger partial charge in [0.1, 0.15) is 0 Å². The molecular weight excluding hydrogens is 335 g/mol. The topological polar surface area (TPSA) is 0 Å². The van der Waals surface area contributed by atoms with Crippen molar-refractivity contribution in [2.45, 2.75) is 66.2 Å². The molecule has 0 aromatic rings. The molecule has 0 amide bonds. The fraction of sp³-hybridized carbons (Fsp3) is 0.556. The van der Waals surface area contributed by atoms with E-state index in [2.05, 4.69) is 52.0 Å². The van der Waals surface area contributed by atoms with Crippen LogP contribution in [0.4, 0.5) is 0 Å². The van der Waals surface area contributed by atoms with E-state index in [0.29, 0.717) is 0 Å². The van der Waals surface area contributed by atoms with Gasteiger partial charge in [0.15, 0.2) is 0 Å². The molecule has 0 aromatic heterocycles. The minimum absolute atomic E-state index is 0.556. The van der Waals surface area contributed by atoms with Crippen LogP contribution in [0.15, 0.2) is 34.4 Å². The summed E-state index contributed by atoms with van der Waals surface area (Å²) in [6.45, 7) is 8.81. The molecule has 0 bridgehead atoms. The molecule has 0 nitrogen and oxygen atoms in total. The van der Waals surface area contributed by atoms with Gasteiger partial charge < -0.3 is 0 Å². The zero-order valence-electron chi connectivity index (χ0n) is 13.7. The molecule has 2 rings (SSSR count). The third-order valence-electron chi connectivity index (χ3n) is 3.66. The summed E-state index contributed by atoms with van der Waals surface area (Å²) >= 11 is -0.556. The molecule has 2 aliphatic carbocycles. The van der Waals surface area contributed by atoms with E-state index in [4.69, 9.17) is 18.6 Å². The molecule has 0 atom stereocenters. The molecule has 118 valence electrons. The van der Waals surface area contributed by atoms with Crippen molar-refractivity contribution in [3.8, 4) is 0 Å². The van der Waals surface area contributed by atoms with Crippen molar-refractivity contribution in [1.29, 1.82) is 0 Å². The van der Waals surface area contributed by atoms with E-state index in [-0.39, 0.29) is 0 Å². The monoisotopic (exact) mass is 360 g/mol. The van der Waals surface area contributed by atoms with Gasteiger partial charge in [-0.2, -0.15) is 12.2 Å². The molecule has 0 radical (unpaired) electrons. The third kappa shape index (κ3) is 8.45. The van der Waals surface area contributed by atoms with Crippen LogP contribution in [0.3, 0.4) is 0 Å². The van der Waals surface area contributed by atoms with E-state index < -0.39 is 17.0 Å². The molecule has 0 unspecified atom stereocenters. The fourth-order valence-corrected chi connectivity index (χ4v) is 2.46. The van der Waals surface area contributed by atoms with Crippen LogP contribution in [0.5, 0.6) is 0 Å². The van der Waals surface area contributed by atoms with Gasteiger partial charge in [-0.3, -0.25) is 12.2 Å². The standard InChI is InChI=1S/2C9H13.2ClH.Ti/c2*1-3-8-6-5-7-9(8)4-2;;;/h2*5H,3-4,6H2,1-2H3;2*1H;/q2*-1;;;+2/p-2. The number of hydrogen-bond donors (Lipinski definition) is 0. The van der Waals surface area contributed by atoms with Crippen LogP contribution >= 0.6 is 18.6 Å². The van der Waals surface area contributed by atoms with Crippen molar-refractivity contribution in [2.75, 3.05) is 0 Å². The Bertz CT molecular complexity index is 365. The molecule has 0 saturated heterocycles. The molecule has 0 N–H and O–H groups in total. The van der Waals surface area contributed by atoms with Crippen molar-refractivity contribution in [3.05, 3.63) is 46.6 Å². The Morgan fingerprint density at radius 3 is 1.33 bits per heavy atom. The van der Waals surface area contributed by atoms with E-state index in [9.17, 15) is 0 Å². The molecule has 0 fully saturated rings. The van der Waals surface area contributed by atoms with Gasteiger partial charge in [0, 0.05) is 0 Å². The Kier molecular flexibility index (Phi) is 14.1. The summed E-state index contributed by atoms with van der Waals surface area (Å²) in [5.41, 5.74) is 6.05. The summed E-state index contributed by atoms with van der Waals surface area (Å²) in [7, 11) is 9.78. The van der Waals surface area contributed by atoms with E-state index in [1.54, 1.807) is 11.1 Å². The summed E-state index contributed by atoms with van der Waals surface area (Å²) in [5.74, 6) is 0. The molecule has 0 aromatic carbocycles. The van der Waals surface area contributed by atoms with E-state index in [1.807, 2.05) is 0 Å². The normalized spacial score (nSPS) is 15.7. The zero-order valence-corrected chi connectivity index (χ0v) is 16.7. The number of hydrogen-bond acceptors (Lipinski definition) is 0. The van der Waals surface area contributed by atoms with Crippen molar-refractivity contribution in [1.82, 2.24) is 0 Å². The van der Waals surface area contributed by atoms with E-state index in [1.165, 1.54) is 24.0 Å². The fourth-order valence-electron chi connectivity index (χ4n) is 2.46. The summed E-state index contributed by atoms with van der Waals surface area (Å²) in [4.78, 5) is 0. The Morgan fingerprint density at radius 1 is 0.810 bits per heavy atom. The zero-order chi connectivity index (χ0) is 16.1. The van der Waals surface area contributed by atoms with Gasteiger partial charge in [0.25, 0.3) is 0 Å². The van der Waals surface area contributed by atoms with Crippen LogP contribution in [0.1, 0.15) is 66.2 Å². The van der Waals surface area contributed by atoms with E-state index >= 15 is 0 Å². The van der Waals surface area contributed by atoms with Gasteiger partial charge in [-0.1, -0.05) is 53.4 Å². The van der Waals surface area contributed by atoms with Crippen LogP contribution < -0.4 is 0 Å². The van der Waals surface area contributed by atoms with Crippen LogP contribution in [0.25, 0.3) is 0 Å². The SMILES string of the molecule is CCC1=C(CC)CC=[C-]1.CCC1=C(CC)CC=[C-]1.[Cl][Ti][Cl]. The average Bonchev–Trinajstić information content (AvgIpc) is 3.16. The van der Waals surface area contributed by atoms with Crippen LogP contribution in [-0.4, -0.2) is 0 Å². The van der Waals surface area contributed by atoms with Crippen LogP contribution in [-0.2, 0) is 17.0 Å². The van der Waals surface area contributed by atoms with Crippen LogP contribution in [0, 0.1) is 12.2 Å². The van der Waals surface area contributed by atoms with Crippen molar-refractivity contribution in [2.24, 2.45) is 0 Å². The summed E-state index contributed by atoms with van der Waals surface area (Å²) in [6, 6.07) is 0. The maximum absolute atomic E-state index is 4.89. The predicted molar refractivity (Wildman–Crippen MR) is 91.8 cm³/mol. The van der Waals surface area contributed by atoms with Gasteiger partial charge in [0.05, 0.1) is 0 Å². The summed E-state index contributed by atoms with van der Waals surface area (Å²) in [6.07, 6.45) is 17.8. The van der Waals surface area contributed by atoms with Crippen LogP contribution in [0.2, 0.25) is 0 Å². The first-order chi connectivity index (χ1) is 10.2. The summed E-state index contributed by atoms with van der Waals surface area (Å²) in [5, 5.41) is 0. The second-order valence-corrected chi connectivity index (χ2v) is 7.33. The third-order valence-corrected chi connectivity index (χ3v) is 3.66. The molecular formula is C18H26Cl2Ti-2. The van der Waals surface area contributed by atoms with Crippen molar-refractivity contribution >= 4 is 18.6 Å². The Morgan fingerprint density at radius 2 is 1.14 bits per heavy atom. The Balaban J connectivity index is 0.000000322. The van der Waals surface area contributed by atoms with Crippen molar-refractivity contribution in [3.63, 3.8) is 0 Å². The van der Waals surface area contributed by atoms with Crippen molar-refractivity contribution < 1.29 is 17.0 Å². The minimum atomic E-state index is -0.556. The molecule has 0 heterocycles. The molecule has 3 heteroatoms. The quantitative estimate of drug-likeness (QED) is 0.370. The second-order valence-electron chi connectivity index (χ2n) is 4.76. The molecule has 2 aliphatic rings. The van der Waals surface area contributed by atoms with Gasteiger partial charge in [-0.25, -0.2) is 22.3 Å². The van der Waals surface area contributed by atoms with Gasteiger partial charge in [0.2, 0.25) is 0 Å². The molecule has 0 spiro atoms.